The van der Waals surface area contributed by atoms with Crippen molar-refractivity contribution in [3.63, 3.8) is 0 Å². The van der Waals surface area contributed by atoms with Gasteiger partial charge in [-0.05, 0) is 50.2 Å². The van der Waals surface area contributed by atoms with Crippen molar-refractivity contribution < 1.29 is 14.0 Å². The number of nitrogens with zero attached hydrogens (tertiary/aromatic N) is 2. The van der Waals surface area contributed by atoms with E-state index in [0.29, 0.717) is 5.56 Å². The molecule has 27 heavy (non-hydrogen) atoms. The second kappa shape index (κ2) is 7.74. The third-order valence-electron chi connectivity index (χ3n) is 3.79. The molecular formula is C20H17FN4O2. The van der Waals surface area contributed by atoms with Crippen LogP contribution in [0.1, 0.15) is 37.7 Å². The van der Waals surface area contributed by atoms with E-state index in [1.54, 1.807) is 18.2 Å². The lowest BCUT2D eigenvalue weighted by Gasteiger charge is -2.11. The number of halogens is 1. The van der Waals surface area contributed by atoms with E-state index in [1.165, 1.54) is 30.3 Å². The van der Waals surface area contributed by atoms with Gasteiger partial charge in [0, 0.05) is 22.5 Å². The molecule has 0 atom stereocenters. The molecular weight excluding hydrogens is 347 g/mol. The number of amides is 1. The zero-order chi connectivity index (χ0) is 19.4. The molecule has 0 fully saturated rings. The zero-order valence-corrected chi connectivity index (χ0v) is 14.8. The summed E-state index contributed by atoms with van der Waals surface area (Å²) in [5, 5.41) is 0. The lowest BCUT2D eigenvalue weighted by atomic mass is 9.98. The van der Waals surface area contributed by atoms with Crippen LogP contribution in [-0.4, -0.2) is 21.7 Å². The number of aryl methyl sites for hydroxylation is 2. The van der Waals surface area contributed by atoms with Crippen LogP contribution in [0.15, 0.2) is 54.6 Å². The maximum absolute atomic E-state index is 13.1. The van der Waals surface area contributed by atoms with Crippen molar-refractivity contribution in [1.29, 1.82) is 0 Å². The molecule has 0 unspecified atom stereocenters. The number of ketones is 1. The molecule has 6 nitrogen and oxygen atoms in total. The molecule has 0 aliphatic heterocycles. The lowest BCUT2D eigenvalue weighted by Crippen LogP contribution is -2.31. The molecule has 1 amide bonds. The van der Waals surface area contributed by atoms with E-state index in [0.717, 1.165) is 11.4 Å². The Morgan fingerprint density at radius 3 is 2.11 bits per heavy atom. The maximum atomic E-state index is 13.1. The number of carbonyl (C=O) groups excluding carboxylic acids is 2. The van der Waals surface area contributed by atoms with Gasteiger partial charge in [0.05, 0.1) is 5.56 Å². The Morgan fingerprint density at radius 2 is 1.48 bits per heavy atom. The number of aromatic nitrogens is 2. The molecule has 3 rings (SSSR count). The molecule has 0 aliphatic rings. The van der Waals surface area contributed by atoms with E-state index < -0.39 is 11.7 Å². The van der Waals surface area contributed by atoms with Gasteiger partial charge >= 0.3 is 0 Å². The predicted molar refractivity (Wildman–Crippen MR) is 98.9 cm³/mol. The molecule has 0 saturated carbocycles. The Hall–Kier alpha value is -3.61. The highest BCUT2D eigenvalue weighted by atomic mass is 19.1. The second-order valence-electron chi connectivity index (χ2n) is 5.94. The van der Waals surface area contributed by atoms with Gasteiger partial charge in [0.1, 0.15) is 5.82 Å². The molecule has 1 aromatic heterocycles. The number of rotatable bonds is 5. The first-order valence-corrected chi connectivity index (χ1v) is 8.22. The highest BCUT2D eigenvalue weighted by Crippen LogP contribution is 2.15. The van der Waals surface area contributed by atoms with E-state index in [-0.39, 0.29) is 22.9 Å². The van der Waals surface area contributed by atoms with Crippen molar-refractivity contribution in [1.82, 2.24) is 15.4 Å². The number of anilines is 1. The molecule has 0 saturated heterocycles. The van der Waals surface area contributed by atoms with E-state index in [4.69, 9.17) is 0 Å². The summed E-state index contributed by atoms with van der Waals surface area (Å²) in [5.41, 5.74) is 7.36. The first kappa shape index (κ1) is 18.2. The van der Waals surface area contributed by atoms with E-state index >= 15 is 0 Å². The zero-order valence-electron chi connectivity index (χ0n) is 14.8. The van der Waals surface area contributed by atoms with Gasteiger partial charge in [0.25, 0.3) is 5.91 Å². The Kier molecular flexibility index (Phi) is 5.21. The highest BCUT2D eigenvalue weighted by Gasteiger charge is 2.18. The first-order valence-electron chi connectivity index (χ1n) is 8.22. The maximum Gasteiger partial charge on any atom is 0.270 e. The van der Waals surface area contributed by atoms with Crippen LogP contribution in [-0.2, 0) is 0 Å². The fourth-order valence-electron chi connectivity index (χ4n) is 2.60. The number of nitrogens with one attached hydrogen (secondary N) is 2. The van der Waals surface area contributed by atoms with Crippen LogP contribution in [0.25, 0.3) is 0 Å². The third kappa shape index (κ3) is 4.33. The molecule has 3 aromatic rings. The minimum absolute atomic E-state index is 0.184. The number of hydrogen-bond acceptors (Lipinski definition) is 5. The summed E-state index contributed by atoms with van der Waals surface area (Å²) < 4.78 is 13.1. The largest absolute Gasteiger partial charge is 0.289 e. The molecule has 1 heterocycles. The van der Waals surface area contributed by atoms with Crippen molar-refractivity contribution in [3.8, 4) is 0 Å². The van der Waals surface area contributed by atoms with Crippen molar-refractivity contribution >= 4 is 17.6 Å². The summed E-state index contributed by atoms with van der Waals surface area (Å²) in [4.78, 5) is 33.6. The van der Waals surface area contributed by atoms with Gasteiger partial charge in [-0.3, -0.25) is 20.4 Å². The molecule has 7 heteroatoms. The van der Waals surface area contributed by atoms with Crippen molar-refractivity contribution in [2.24, 2.45) is 0 Å². The number of hydrazine groups is 1. The summed E-state index contributed by atoms with van der Waals surface area (Å²) in [6.45, 7) is 3.64. The second-order valence-corrected chi connectivity index (χ2v) is 5.94. The number of hydrogen-bond donors (Lipinski definition) is 2. The number of benzene rings is 2. The van der Waals surface area contributed by atoms with Crippen molar-refractivity contribution in [3.05, 3.63) is 88.5 Å². The van der Waals surface area contributed by atoms with Gasteiger partial charge in [-0.1, -0.05) is 18.2 Å². The lowest BCUT2D eigenvalue weighted by molar-refractivity contribution is 0.0950. The normalized spacial score (nSPS) is 10.3. The quantitative estimate of drug-likeness (QED) is 0.536. The molecule has 136 valence electrons. The Balaban J connectivity index is 1.81. The summed E-state index contributed by atoms with van der Waals surface area (Å²) in [7, 11) is 0. The SMILES string of the molecule is Cc1cc(C)nc(NNC(=O)c2ccccc2C(=O)c2ccc(F)cc2)n1. The third-order valence-corrected chi connectivity index (χ3v) is 3.79. The number of carbonyl (C=O) groups is 2. The van der Waals surface area contributed by atoms with Gasteiger partial charge in [-0.15, -0.1) is 0 Å². The first-order chi connectivity index (χ1) is 12.9. The molecule has 0 aliphatic carbocycles. The van der Waals surface area contributed by atoms with Crippen LogP contribution in [0.4, 0.5) is 10.3 Å². The molecule has 0 spiro atoms. The Labute approximate surface area is 155 Å². The van der Waals surface area contributed by atoms with Gasteiger partial charge in [0.15, 0.2) is 5.78 Å². The topological polar surface area (TPSA) is 84.0 Å². The standard InChI is InChI=1S/C20H17FN4O2/c1-12-11-13(2)23-20(22-12)25-24-19(27)17-6-4-3-5-16(17)18(26)14-7-9-15(21)10-8-14/h3-11H,1-2H3,(H,24,27)(H,22,23,25). The predicted octanol–water partition coefficient (Wildman–Crippen LogP) is 3.22. The van der Waals surface area contributed by atoms with Crippen LogP contribution in [0.5, 0.6) is 0 Å². The monoisotopic (exact) mass is 364 g/mol. The van der Waals surface area contributed by atoms with Gasteiger partial charge in [-0.2, -0.15) is 0 Å². The van der Waals surface area contributed by atoms with Gasteiger partial charge in [-0.25, -0.2) is 14.4 Å². The minimum Gasteiger partial charge on any atom is -0.289 e. The summed E-state index contributed by atoms with van der Waals surface area (Å²) in [6, 6.07) is 13.4. The minimum atomic E-state index is -0.510. The van der Waals surface area contributed by atoms with Gasteiger partial charge < -0.3 is 0 Å². The summed E-state index contributed by atoms with van der Waals surface area (Å²) >= 11 is 0. The molecule has 2 N–H and O–H groups in total. The average molecular weight is 364 g/mol. The smallest absolute Gasteiger partial charge is 0.270 e. The van der Waals surface area contributed by atoms with Crippen molar-refractivity contribution in [2.75, 3.05) is 5.43 Å². The Bertz CT molecular complexity index is 983. The fraction of sp³-hybridized carbons (Fsp3) is 0.100. The van der Waals surface area contributed by atoms with Crippen LogP contribution in [0.3, 0.4) is 0 Å². The average Bonchev–Trinajstić information content (AvgIpc) is 2.65. The fourth-order valence-corrected chi connectivity index (χ4v) is 2.60. The molecule has 2 aromatic carbocycles. The van der Waals surface area contributed by atoms with Crippen LogP contribution >= 0.6 is 0 Å². The van der Waals surface area contributed by atoms with Crippen LogP contribution in [0.2, 0.25) is 0 Å². The van der Waals surface area contributed by atoms with E-state index in [1.807, 2.05) is 19.9 Å². The summed E-state index contributed by atoms with van der Waals surface area (Å²) in [6.07, 6.45) is 0. The van der Waals surface area contributed by atoms with Crippen LogP contribution < -0.4 is 10.9 Å². The van der Waals surface area contributed by atoms with Crippen molar-refractivity contribution in [2.45, 2.75) is 13.8 Å². The highest BCUT2D eigenvalue weighted by molar-refractivity contribution is 6.15. The summed E-state index contributed by atoms with van der Waals surface area (Å²) in [5.74, 6) is -1.06. The molecule has 0 radical (unpaired) electrons. The van der Waals surface area contributed by atoms with Crippen LogP contribution in [0, 0.1) is 19.7 Å². The van der Waals surface area contributed by atoms with Gasteiger partial charge in [0.2, 0.25) is 5.95 Å². The van der Waals surface area contributed by atoms with E-state index in [9.17, 15) is 14.0 Å². The molecule has 0 bridgehead atoms. The Morgan fingerprint density at radius 1 is 0.889 bits per heavy atom. The van der Waals surface area contributed by atoms with E-state index in [2.05, 4.69) is 20.8 Å².